The fourth-order valence-corrected chi connectivity index (χ4v) is 1.41. The molecule has 3 nitrogen and oxygen atoms in total. The van der Waals surface area contributed by atoms with E-state index in [0.717, 1.165) is 5.57 Å². The summed E-state index contributed by atoms with van der Waals surface area (Å²) in [5, 5.41) is 0. The summed E-state index contributed by atoms with van der Waals surface area (Å²) in [5.41, 5.74) is 7.03. The zero-order valence-electron chi connectivity index (χ0n) is 7.53. The standard InChI is InChI=1S/C9H11NO2S/c1-5-3-6(9(11)12-2)8(13)7(10)4-5/h3-4,6H,10H2,1-2H3. The van der Waals surface area contributed by atoms with Gasteiger partial charge in [-0.25, -0.2) is 0 Å². The predicted molar refractivity (Wildman–Crippen MR) is 54.1 cm³/mol. The van der Waals surface area contributed by atoms with E-state index in [2.05, 4.69) is 4.74 Å². The van der Waals surface area contributed by atoms with E-state index in [9.17, 15) is 4.79 Å². The maximum Gasteiger partial charge on any atom is 0.318 e. The zero-order valence-corrected chi connectivity index (χ0v) is 8.35. The van der Waals surface area contributed by atoms with E-state index in [0.29, 0.717) is 10.6 Å². The van der Waals surface area contributed by atoms with Gasteiger partial charge in [-0.2, -0.15) is 0 Å². The number of rotatable bonds is 1. The Balaban J connectivity index is 2.96. The Morgan fingerprint density at radius 1 is 1.69 bits per heavy atom. The van der Waals surface area contributed by atoms with Crippen molar-refractivity contribution in [1.82, 2.24) is 0 Å². The van der Waals surface area contributed by atoms with Crippen LogP contribution in [0.1, 0.15) is 6.92 Å². The molecule has 0 amide bonds. The molecule has 0 saturated heterocycles. The van der Waals surface area contributed by atoms with Crippen LogP contribution in [0.5, 0.6) is 0 Å². The second kappa shape index (κ2) is 3.70. The monoisotopic (exact) mass is 197 g/mol. The van der Waals surface area contributed by atoms with Gasteiger partial charge in [0, 0.05) is 5.70 Å². The molecule has 13 heavy (non-hydrogen) atoms. The molecule has 0 aromatic carbocycles. The van der Waals surface area contributed by atoms with Gasteiger partial charge in [-0.1, -0.05) is 23.9 Å². The number of ether oxygens (including phenoxy) is 1. The highest BCUT2D eigenvalue weighted by molar-refractivity contribution is 7.81. The average Bonchev–Trinajstić information content (AvgIpc) is 2.10. The molecule has 0 aromatic rings. The van der Waals surface area contributed by atoms with Gasteiger partial charge >= 0.3 is 5.97 Å². The number of hydrogen-bond acceptors (Lipinski definition) is 4. The molecule has 0 heterocycles. The first kappa shape index (κ1) is 9.92. The number of esters is 1. The molecule has 1 aliphatic rings. The van der Waals surface area contributed by atoms with E-state index in [1.54, 1.807) is 12.2 Å². The van der Waals surface area contributed by atoms with Crippen LogP contribution >= 0.6 is 12.2 Å². The Morgan fingerprint density at radius 3 is 2.85 bits per heavy atom. The molecule has 0 spiro atoms. The van der Waals surface area contributed by atoms with E-state index in [-0.39, 0.29) is 5.97 Å². The average molecular weight is 197 g/mol. The lowest BCUT2D eigenvalue weighted by atomic mass is 9.94. The van der Waals surface area contributed by atoms with Crippen molar-refractivity contribution in [3.63, 3.8) is 0 Å². The van der Waals surface area contributed by atoms with Crippen molar-refractivity contribution in [2.75, 3.05) is 7.11 Å². The van der Waals surface area contributed by atoms with Crippen LogP contribution in [0, 0.1) is 5.92 Å². The van der Waals surface area contributed by atoms with Crippen LogP contribution in [-0.4, -0.2) is 17.9 Å². The SMILES string of the molecule is COC(=O)C1C=C(C)C=C(N)C1=S. The van der Waals surface area contributed by atoms with Gasteiger partial charge in [-0.05, 0) is 13.0 Å². The second-order valence-corrected chi connectivity index (χ2v) is 3.32. The third kappa shape index (κ3) is 1.95. The summed E-state index contributed by atoms with van der Waals surface area (Å²) in [6.07, 6.45) is 3.51. The number of carbonyl (C=O) groups excluding carboxylic acids is 1. The topological polar surface area (TPSA) is 52.3 Å². The molecule has 4 heteroatoms. The highest BCUT2D eigenvalue weighted by atomic mass is 32.1. The molecular formula is C9H11NO2S. The molecule has 1 atom stereocenters. The van der Waals surface area contributed by atoms with Crippen LogP contribution in [0.3, 0.4) is 0 Å². The van der Waals surface area contributed by atoms with E-state index >= 15 is 0 Å². The number of hydrogen-bond donors (Lipinski definition) is 1. The Bertz CT molecular complexity index is 318. The maximum absolute atomic E-state index is 11.2. The Hall–Kier alpha value is -1.16. The number of nitrogens with two attached hydrogens (primary N) is 1. The van der Waals surface area contributed by atoms with Crippen LogP contribution in [0.25, 0.3) is 0 Å². The Morgan fingerprint density at radius 2 is 2.31 bits per heavy atom. The summed E-state index contributed by atoms with van der Waals surface area (Å²) < 4.78 is 4.60. The van der Waals surface area contributed by atoms with Crippen molar-refractivity contribution in [2.45, 2.75) is 6.92 Å². The van der Waals surface area contributed by atoms with Crippen LogP contribution in [-0.2, 0) is 9.53 Å². The normalized spacial score (nSPS) is 22.0. The summed E-state index contributed by atoms with van der Waals surface area (Å²) in [7, 11) is 1.34. The second-order valence-electron chi connectivity index (χ2n) is 2.88. The fourth-order valence-electron chi connectivity index (χ4n) is 1.18. The number of thiocarbonyl (C=S) groups is 1. The van der Waals surface area contributed by atoms with Gasteiger partial charge in [-0.3, -0.25) is 4.79 Å². The number of methoxy groups -OCH3 is 1. The van der Waals surface area contributed by atoms with Gasteiger partial charge in [0.15, 0.2) is 0 Å². The molecule has 1 aliphatic carbocycles. The summed E-state index contributed by atoms with van der Waals surface area (Å²) >= 11 is 5.01. The third-order valence-corrected chi connectivity index (χ3v) is 2.32. The lowest BCUT2D eigenvalue weighted by Gasteiger charge is -2.17. The fraction of sp³-hybridized carbons (Fsp3) is 0.333. The van der Waals surface area contributed by atoms with E-state index in [1.165, 1.54) is 7.11 Å². The first-order chi connectivity index (χ1) is 6.06. The minimum absolute atomic E-state index is 0.361. The summed E-state index contributed by atoms with van der Waals surface area (Å²) in [5.74, 6) is -0.856. The summed E-state index contributed by atoms with van der Waals surface area (Å²) in [6, 6.07) is 0. The van der Waals surface area contributed by atoms with E-state index in [1.807, 2.05) is 6.92 Å². The molecule has 0 fully saturated rings. The highest BCUT2D eigenvalue weighted by Crippen LogP contribution is 2.18. The quantitative estimate of drug-likeness (QED) is 0.502. The van der Waals surface area contributed by atoms with Crippen molar-refractivity contribution in [2.24, 2.45) is 11.7 Å². The smallest absolute Gasteiger partial charge is 0.318 e. The van der Waals surface area contributed by atoms with Crippen molar-refractivity contribution >= 4 is 23.1 Å². The molecule has 70 valence electrons. The number of carbonyl (C=O) groups is 1. The molecule has 1 rings (SSSR count). The van der Waals surface area contributed by atoms with Gasteiger partial charge < -0.3 is 10.5 Å². The molecule has 0 bridgehead atoms. The van der Waals surface area contributed by atoms with Gasteiger partial charge in [-0.15, -0.1) is 0 Å². The van der Waals surface area contributed by atoms with Gasteiger partial charge in [0.1, 0.15) is 5.92 Å². The molecule has 0 aromatic heterocycles. The first-order valence-electron chi connectivity index (χ1n) is 3.84. The maximum atomic E-state index is 11.2. The minimum Gasteiger partial charge on any atom is -0.468 e. The molecular weight excluding hydrogens is 186 g/mol. The molecule has 0 saturated carbocycles. The van der Waals surface area contributed by atoms with Gasteiger partial charge in [0.05, 0.1) is 12.0 Å². The first-order valence-corrected chi connectivity index (χ1v) is 4.24. The summed E-state index contributed by atoms with van der Waals surface area (Å²) in [4.78, 5) is 11.7. The van der Waals surface area contributed by atoms with E-state index < -0.39 is 5.92 Å². The molecule has 2 N–H and O–H groups in total. The van der Waals surface area contributed by atoms with Crippen molar-refractivity contribution in [1.29, 1.82) is 0 Å². The van der Waals surface area contributed by atoms with Crippen molar-refractivity contribution in [3.05, 3.63) is 23.4 Å². The third-order valence-electron chi connectivity index (χ3n) is 1.83. The summed E-state index contributed by atoms with van der Waals surface area (Å²) in [6.45, 7) is 1.87. The van der Waals surface area contributed by atoms with Gasteiger partial charge in [0.25, 0.3) is 0 Å². The Kier molecular flexibility index (Phi) is 2.83. The van der Waals surface area contributed by atoms with Crippen LogP contribution < -0.4 is 5.73 Å². The number of allylic oxidation sites excluding steroid dienone is 3. The lowest BCUT2D eigenvalue weighted by molar-refractivity contribution is -0.141. The minimum atomic E-state index is -0.495. The van der Waals surface area contributed by atoms with Crippen LogP contribution in [0.15, 0.2) is 23.4 Å². The lowest BCUT2D eigenvalue weighted by Crippen LogP contribution is -2.28. The molecule has 1 unspecified atom stereocenters. The Labute approximate surface area is 82.2 Å². The van der Waals surface area contributed by atoms with Crippen molar-refractivity contribution in [3.8, 4) is 0 Å². The largest absolute Gasteiger partial charge is 0.468 e. The van der Waals surface area contributed by atoms with Crippen LogP contribution in [0.2, 0.25) is 0 Å². The molecule has 0 aliphatic heterocycles. The van der Waals surface area contributed by atoms with Crippen molar-refractivity contribution < 1.29 is 9.53 Å². The zero-order chi connectivity index (χ0) is 10.0. The molecule has 0 radical (unpaired) electrons. The highest BCUT2D eigenvalue weighted by Gasteiger charge is 2.25. The van der Waals surface area contributed by atoms with Gasteiger partial charge in [0.2, 0.25) is 0 Å². The predicted octanol–water partition coefficient (Wildman–Crippen LogP) is 0.948. The van der Waals surface area contributed by atoms with Crippen LogP contribution in [0.4, 0.5) is 0 Å². The van der Waals surface area contributed by atoms with E-state index in [4.69, 9.17) is 18.0 Å².